The average Bonchev–Trinajstić information content (AvgIpc) is 3.37. The van der Waals surface area contributed by atoms with Crippen LogP contribution in [0, 0.1) is 22.0 Å². The van der Waals surface area contributed by atoms with Crippen LogP contribution in [0.4, 0.5) is 11.4 Å². The van der Waals surface area contributed by atoms with Gasteiger partial charge in [0.2, 0.25) is 0 Å². The maximum atomic E-state index is 11.1. The van der Waals surface area contributed by atoms with E-state index in [2.05, 4.69) is 57.3 Å². The monoisotopic (exact) mass is 448 g/mol. The highest BCUT2D eigenvalue weighted by Gasteiger charge is 2.47. The smallest absolute Gasteiger partial charge is 0.269 e. The summed E-state index contributed by atoms with van der Waals surface area (Å²) in [5, 5.41) is 11.1. The molecule has 2 heterocycles. The number of nitro groups is 1. The van der Waals surface area contributed by atoms with Gasteiger partial charge in [-0.1, -0.05) is 52.4 Å². The second-order valence-corrected chi connectivity index (χ2v) is 9.60. The minimum absolute atomic E-state index is 0.161. The second kappa shape index (κ2) is 6.30. The number of allylic oxidation sites excluding steroid dienone is 4. The molecule has 0 saturated carbocycles. The van der Waals surface area contributed by atoms with Crippen molar-refractivity contribution in [2.24, 2.45) is 11.8 Å². The average molecular weight is 449 g/mol. The molecule has 0 unspecified atom stereocenters. The van der Waals surface area contributed by atoms with Gasteiger partial charge in [0.1, 0.15) is 0 Å². The van der Waals surface area contributed by atoms with E-state index in [0.29, 0.717) is 23.7 Å². The van der Waals surface area contributed by atoms with Crippen LogP contribution in [0.5, 0.6) is 0 Å². The van der Waals surface area contributed by atoms with Crippen LogP contribution in [0.15, 0.2) is 65.2 Å². The van der Waals surface area contributed by atoms with Gasteiger partial charge >= 0.3 is 0 Å². The molecule has 4 aliphatic rings. The van der Waals surface area contributed by atoms with E-state index in [4.69, 9.17) is 0 Å². The molecule has 0 N–H and O–H groups in total. The van der Waals surface area contributed by atoms with E-state index >= 15 is 0 Å². The van der Waals surface area contributed by atoms with Crippen LogP contribution in [0.2, 0.25) is 0 Å². The summed E-state index contributed by atoms with van der Waals surface area (Å²) in [4.78, 5) is 13.5. The van der Waals surface area contributed by atoms with Crippen molar-refractivity contribution in [1.82, 2.24) is 0 Å². The third kappa shape index (κ3) is 2.49. The standard InChI is InChI=1S/C24H21BrN2O2/c25-16-11-21-18-4-1-3-15(18)13-26-23(14-7-9-17(10-8-14)27(28)29)20-6-2-5-19(20)22(12-16)24(21)26/h1-2,4-5,7-12,15,18-20,23H,3,6,13H2/t15-,18+,19+,20+,23+/m1/s1. The third-order valence-electron chi connectivity index (χ3n) is 7.26. The van der Waals surface area contributed by atoms with Crippen LogP contribution in [-0.4, -0.2) is 11.5 Å². The number of hydrogen-bond acceptors (Lipinski definition) is 3. The number of fused-ring (bicyclic) bond motifs is 4. The van der Waals surface area contributed by atoms with Crippen LogP contribution in [0.25, 0.3) is 0 Å². The number of halogens is 1. The molecule has 2 aromatic carbocycles. The van der Waals surface area contributed by atoms with Gasteiger partial charge < -0.3 is 4.90 Å². The van der Waals surface area contributed by atoms with E-state index in [-0.39, 0.29) is 16.7 Å². The molecular weight excluding hydrogens is 428 g/mol. The molecule has 0 amide bonds. The minimum atomic E-state index is -0.314. The summed E-state index contributed by atoms with van der Waals surface area (Å²) in [6.07, 6.45) is 11.6. The Labute approximate surface area is 178 Å². The molecule has 0 aromatic heterocycles. The Morgan fingerprint density at radius 3 is 2.45 bits per heavy atom. The molecule has 0 bridgehead atoms. The lowest BCUT2D eigenvalue weighted by molar-refractivity contribution is -0.384. The van der Waals surface area contributed by atoms with Crippen LogP contribution >= 0.6 is 15.9 Å². The van der Waals surface area contributed by atoms with Gasteiger partial charge in [0.15, 0.2) is 0 Å². The maximum absolute atomic E-state index is 11.1. The fourth-order valence-corrected chi connectivity index (χ4v) is 6.60. The summed E-state index contributed by atoms with van der Waals surface area (Å²) in [5.41, 5.74) is 5.62. The molecule has 2 aromatic rings. The van der Waals surface area contributed by atoms with Gasteiger partial charge in [0, 0.05) is 40.7 Å². The molecule has 5 atom stereocenters. The topological polar surface area (TPSA) is 46.4 Å². The molecule has 0 radical (unpaired) electrons. The largest absolute Gasteiger partial charge is 0.363 e. The third-order valence-corrected chi connectivity index (χ3v) is 7.72. The molecule has 0 fully saturated rings. The first-order chi connectivity index (χ1) is 14.1. The summed E-state index contributed by atoms with van der Waals surface area (Å²) in [5.74, 6) is 1.98. The number of nitrogens with zero attached hydrogens (tertiary/aromatic N) is 2. The quantitative estimate of drug-likeness (QED) is 0.309. The van der Waals surface area contributed by atoms with Crippen molar-refractivity contribution in [1.29, 1.82) is 0 Å². The van der Waals surface area contributed by atoms with Gasteiger partial charge in [-0.3, -0.25) is 10.1 Å². The van der Waals surface area contributed by atoms with E-state index in [0.717, 1.165) is 19.4 Å². The fourth-order valence-electron chi connectivity index (χ4n) is 6.11. The van der Waals surface area contributed by atoms with Gasteiger partial charge in [0.25, 0.3) is 5.69 Å². The summed E-state index contributed by atoms with van der Waals surface area (Å²) in [6, 6.07) is 12.1. The Hall–Kier alpha value is -2.40. The molecule has 6 rings (SSSR count). The Morgan fingerprint density at radius 1 is 1.00 bits per heavy atom. The Morgan fingerprint density at radius 2 is 1.69 bits per heavy atom. The predicted molar refractivity (Wildman–Crippen MR) is 117 cm³/mol. The van der Waals surface area contributed by atoms with Crippen LogP contribution < -0.4 is 4.90 Å². The molecule has 4 nitrogen and oxygen atoms in total. The lowest BCUT2D eigenvalue weighted by atomic mass is 9.71. The van der Waals surface area contributed by atoms with Crippen molar-refractivity contribution in [3.8, 4) is 0 Å². The first-order valence-corrected chi connectivity index (χ1v) is 11.1. The SMILES string of the molecule is O=[N+]([O-])c1ccc([C@H]2[C@H]3CC=C[C@@H]3c3cc(Br)cc4c3N2C[C@H]2CC=C[C@H]42)cc1. The van der Waals surface area contributed by atoms with E-state index in [1.807, 2.05) is 12.1 Å². The molecule has 146 valence electrons. The Balaban J connectivity index is 1.54. The van der Waals surface area contributed by atoms with Crippen molar-refractivity contribution < 1.29 is 4.92 Å². The zero-order valence-electron chi connectivity index (χ0n) is 15.9. The summed E-state index contributed by atoms with van der Waals surface area (Å²) < 4.78 is 1.17. The highest BCUT2D eigenvalue weighted by Crippen LogP contribution is 2.59. The lowest BCUT2D eigenvalue weighted by Gasteiger charge is -2.51. The van der Waals surface area contributed by atoms with Crippen LogP contribution in [0.3, 0.4) is 0 Å². The molecule has 5 heteroatoms. The zero-order valence-corrected chi connectivity index (χ0v) is 17.5. The van der Waals surface area contributed by atoms with E-state index in [1.165, 1.54) is 26.9 Å². The van der Waals surface area contributed by atoms with E-state index in [9.17, 15) is 10.1 Å². The highest BCUT2D eigenvalue weighted by atomic mass is 79.9. The van der Waals surface area contributed by atoms with Crippen molar-refractivity contribution in [3.63, 3.8) is 0 Å². The van der Waals surface area contributed by atoms with Gasteiger partial charge in [0.05, 0.1) is 11.0 Å². The molecule has 0 saturated heterocycles. The summed E-state index contributed by atoms with van der Waals surface area (Å²) in [6.45, 7) is 1.05. The number of hydrogen-bond donors (Lipinski definition) is 0. The van der Waals surface area contributed by atoms with E-state index in [1.54, 1.807) is 12.1 Å². The van der Waals surface area contributed by atoms with Crippen molar-refractivity contribution in [2.45, 2.75) is 30.7 Å². The fraction of sp³-hybridized carbons (Fsp3) is 0.333. The number of anilines is 1. The van der Waals surface area contributed by atoms with Gasteiger partial charge in [-0.2, -0.15) is 0 Å². The van der Waals surface area contributed by atoms with Crippen molar-refractivity contribution in [2.75, 3.05) is 11.4 Å². The van der Waals surface area contributed by atoms with Crippen molar-refractivity contribution in [3.05, 3.63) is 92.0 Å². The highest BCUT2D eigenvalue weighted by molar-refractivity contribution is 9.10. The van der Waals surface area contributed by atoms with Gasteiger partial charge in [-0.15, -0.1) is 0 Å². The molecule has 0 spiro atoms. The molecule has 2 aliphatic heterocycles. The maximum Gasteiger partial charge on any atom is 0.269 e. The zero-order chi connectivity index (χ0) is 19.7. The number of rotatable bonds is 2. The van der Waals surface area contributed by atoms with Crippen molar-refractivity contribution >= 4 is 27.3 Å². The molecular formula is C24H21BrN2O2. The molecule has 2 aliphatic carbocycles. The minimum Gasteiger partial charge on any atom is -0.363 e. The van der Waals surface area contributed by atoms with Gasteiger partial charge in [-0.25, -0.2) is 0 Å². The predicted octanol–water partition coefficient (Wildman–Crippen LogP) is 6.25. The molecule has 29 heavy (non-hydrogen) atoms. The first-order valence-electron chi connectivity index (χ1n) is 10.3. The number of benzene rings is 2. The Kier molecular flexibility index (Phi) is 3.79. The first kappa shape index (κ1) is 17.5. The number of non-ortho nitro benzene ring substituents is 1. The normalized spacial score (nSPS) is 30.8. The van der Waals surface area contributed by atoms with Crippen LogP contribution in [-0.2, 0) is 0 Å². The van der Waals surface area contributed by atoms with Gasteiger partial charge in [-0.05, 0) is 53.5 Å². The lowest BCUT2D eigenvalue weighted by Crippen LogP contribution is -2.46. The van der Waals surface area contributed by atoms with Crippen LogP contribution in [0.1, 0.15) is 47.4 Å². The summed E-state index contributed by atoms with van der Waals surface area (Å²) in [7, 11) is 0. The Bertz CT molecular complexity index is 1060. The second-order valence-electron chi connectivity index (χ2n) is 8.68. The number of nitro benzene ring substituents is 1. The summed E-state index contributed by atoms with van der Waals surface area (Å²) >= 11 is 3.77. The van der Waals surface area contributed by atoms with E-state index < -0.39 is 0 Å².